The van der Waals surface area contributed by atoms with Crippen molar-refractivity contribution >= 4 is 51.6 Å². The van der Waals surface area contributed by atoms with Crippen molar-refractivity contribution in [2.75, 3.05) is 5.75 Å². The van der Waals surface area contributed by atoms with Crippen LogP contribution >= 0.6 is 35.3 Å². The molecule has 1 amide bonds. The Hall–Kier alpha value is -1.97. The van der Waals surface area contributed by atoms with Crippen molar-refractivity contribution in [3.8, 4) is 5.69 Å². The summed E-state index contributed by atoms with van der Waals surface area (Å²) in [4.78, 5) is 28.2. The number of aromatic nitrogens is 3. The van der Waals surface area contributed by atoms with Gasteiger partial charge in [-0.2, -0.15) is 0 Å². The van der Waals surface area contributed by atoms with Crippen molar-refractivity contribution < 1.29 is 4.79 Å². The third kappa shape index (κ3) is 2.90. The number of fused-ring (bicyclic) bond motifs is 1. The summed E-state index contributed by atoms with van der Waals surface area (Å²) in [7, 11) is 1.62. The van der Waals surface area contributed by atoms with E-state index in [0.29, 0.717) is 19.5 Å². The number of amides is 1. The minimum absolute atomic E-state index is 0.0566. The number of carbonyl (C=O) groups excluding carboxylic acids is 1. The molecule has 0 bridgehead atoms. The molecule has 1 aromatic carbocycles. The Morgan fingerprint density at radius 3 is 2.79 bits per heavy atom. The van der Waals surface area contributed by atoms with E-state index in [1.165, 1.54) is 15.9 Å². The summed E-state index contributed by atoms with van der Waals surface area (Å²) in [5.74, 6) is -0.406. The number of rotatable bonds is 4. The van der Waals surface area contributed by atoms with E-state index >= 15 is 0 Å². The van der Waals surface area contributed by atoms with Gasteiger partial charge in [-0.25, -0.2) is 4.98 Å². The number of hydrogen-bond acceptors (Lipinski definition) is 6. The van der Waals surface area contributed by atoms with Gasteiger partial charge in [-0.3, -0.25) is 18.7 Å². The molecule has 9 heteroatoms. The fourth-order valence-corrected chi connectivity index (χ4v) is 4.34. The van der Waals surface area contributed by atoms with E-state index in [-0.39, 0.29) is 11.3 Å². The highest BCUT2D eigenvalue weighted by molar-refractivity contribution is 7.99. The number of para-hydroxylation sites is 1. The third-order valence-electron chi connectivity index (χ3n) is 3.47. The molecule has 0 aliphatic heterocycles. The maximum absolute atomic E-state index is 12.6. The fraction of sp³-hybridized carbons (Fsp3) is 0.200. The molecule has 24 heavy (non-hydrogen) atoms. The number of carbonyl (C=O) groups is 1. The van der Waals surface area contributed by atoms with Gasteiger partial charge in [-0.1, -0.05) is 41.3 Å². The highest BCUT2D eigenvalue weighted by Gasteiger charge is 2.17. The molecule has 6 nitrogen and oxygen atoms in total. The van der Waals surface area contributed by atoms with E-state index < -0.39 is 5.91 Å². The summed E-state index contributed by atoms with van der Waals surface area (Å²) in [6, 6.07) is 7.77. The molecular formula is C15H14N4O2S3. The first kappa shape index (κ1) is 16.9. The molecule has 0 aliphatic rings. The van der Waals surface area contributed by atoms with Gasteiger partial charge in [-0.05, 0) is 30.8 Å². The minimum atomic E-state index is -0.463. The summed E-state index contributed by atoms with van der Waals surface area (Å²) in [6.07, 6.45) is 0. The number of nitrogens with two attached hydrogens (primary N) is 1. The second kappa shape index (κ2) is 6.50. The Morgan fingerprint density at radius 1 is 1.42 bits per heavy atom. The fourth-order valence-electron chi connectivity index (χ4n) is 2.30. The maximum atomic E-state index is 12.6. The standard InChI is InChI=1S/C15H14N4O2S3/c1-8-5-3-4-6-9(8)19-12-11(24-15(19)22)13(21)18(2)14(17-12)23-7-10(16)20/h3-6H,7H2,1-2H3,(H2,16,20). The molecule has 2 aromatic heterocycles. The van der Waals surface area contributed by atoms with Gasteiger partial charge < -0.3 is 5.73 Å². The van der Waals surface area contributed by atoms with Gasteiger partial charge in [0.15, 0.2) is 14.8 Å². The molecule has 2 N–H and O–H groups in total. The summed E-state index contributed by atoms with van der Waals surface area (Å²) in [5.41, 5.74) is 7.43. The lowest BCUT2D eigenvalue weighted by Crippen LogP contribution is -2.21. The smallest absolute Gasteiger partial charge is 0.273 e. The van der Waals surface area contributed by atoms with E-state index in [4.69, 9.17) is 18.0 Å². The van der Waals surface area contributed by atoms with Crippen LogP contribution in [0, 0.1) is 10.9 Å². The Labute approximate surface area is 150 Å². The van der Waals surface area contributed by atoms with Gasteiger partial charge >= 0.3 is 0 Å². The van der Waals surface area contributed by atoms with Crippen LogP contribution in [0.4, 0.5) is 0 Å². The van der Waals surface area contributed by atoms with Gasteiger partial charge in [0.25, 0.3) is 5.56 Å². The summed E-state index contributed by atoms with van der Waals surface area (Å²) >= 11 is 7.83. The molecule has 0 spiro atoms. The largest absolute Gasteiger partial charge is 0.369 e. The van der Waals surface area contributed by atoms with Crippen LogP contribution in [0.15, 0.2) is 34.2 Å². The average molecular weight is 379 g/mol. The molecular weight excluding hydrogens is 364 g/mol. The molecule has 0 radical (unpaired) electrons. The normalized spacial score (nSPS) is 11.1. The Morgan fingerprint density at radius 2 is 2.12 bits per heavy atom. The number of benzene rings is 1. The van der Waals surface area contributed by atoms with Crippen LogP contribution in [-0.4, -0.2) is 25.8 Å². The minimum Gasteiger partial charge on any atom is -0.369 e. The predicted octanol–water partition coefficient (Wildman–Crippen LogP) is 2.40. The van der Waals surface area contributed by atoms with Crippen molar-refractivity contribution in [1.29, 1.82) is 0 Å². The van der Waals surface area contributed by atoms with Crippen LogP contribution in [-0.2, 0) is 11.8 Å². The molecule has 0 fully saturated rings. The zero-order valence-electron chi connectivity index (χ0n) is 13.0. The molecule has 0 atom stereocenters. The number of primary amides is 1. The van der Waals surface area contributed by atoms with Crippen molar-refractivity contribution in [3.63, 3.8) is 0 Å². The number of hydrogen-bond donors (Lipinski definition) is 1. The molecule has 0 saturated carbocycles. The van der Waals surface area contributed by atoms with Crippen molar-refractivity contribution in [1.82, 2.24) is 14.1 Å². The van der Waals surface area contributed by atoms with E-state index in [2.05, 4.69) is 4.98 Å². The lowest BCUT2D eigenvalue weighted by atomic mass is 10.2. The topological polar surface area (TPSA) is 82.9 Å². The van der Waals surface area contributed by atoms with Gasteiger partial charge in [0, 0.05) is 7.05 Å². The van der Waals surface area contributed by atoms with Crippen molar-refractivity contribution in [2.45, 2.75) is 12.1 Å². The maximum Gasteiger partial charge on any atom is 0.273 e. The van der Waals surface area contributed by atoms with Gasteiger partial charge in [0.1, 0.15) is 4.70 Å². The number of thiazole rings is 1. The quantitative estimate of drug-likeness (QED) is 0.428. The van der Waals surface area contributed by atoms with E-state index in [9.17, 15) is 9.59 Å². The van der Waals surface area contributed by atoms with E-state index in [1.54, 1.807) is 11.6 Å². The number of nitrogens with zero attached hydrogens (tertiary/aromatic N) is 3. The van der Waals surface area contributed by atoms with Gasteiger partial charge in [0.05, 0.1) is 11.4 Å². The number of thioether (sulfide) groups is 1. The molecule has 124 valence electrons. The lowest BCUT2D eigenvalue weighted by molar-refractivity contribution is -0.115. The summed E-state index contributed by atoms with van der Waals surface area (Å²) in [5, 5.41) is 0.432. The molecule has 0 unspecified atom stereocenters. The second-order valence-electron chi connectivity index (χ2n) is 5.16. The van der Waals surface area contributed by atoms with Crippen LogP contribution in [0.5, 0.6) is 0 Å². The lowest BCUT2D eigenvalue weighted by Gasteiger charge is -2.10. The predicted molar refractivity (Wildman–Crippen MR) is 99.7 cm³/mol. The van der Waals surface area contributed by atoms with E-state index in [1.807, 2.05) is 31.2 Å². The average Bonchev–Trinajstić information content (AvgIpc) is 2.86. The molecule has 3 aromatic rings. The SMILES string of the molecule is Cc1ccccc1-n1c(=S)sc2c(=O)n(C)c(SCC(N)=O)nc21. The second-order valence-corrected chi connectivity index (χ2v) is 7.74. The van der Waals surface area contributed by atoms with Gasteiger partial charge in [0.2, 0.25) is 5.91 Å². The molecule has 0 aliphatic carbocycles. The van der Waals surface area contributed by atoms with Crippen LogP contribution in [0.2, 0.25) is 0 Å². The van der Waals surface area contributed by atoms with Crippen molar-refractivity contribution in [2.24, 2.45) is 12.8 Å². The Balaban J connectivity index is 2.30. The van der Waals surface area contributed by atoms with Gasteiger partial charge in [-0.15, -0.1) is 0 Å². The molecule has 0 saturated heterocycles. The molecule has 2 heterocycles. The van der Waals surface area contributed by atoms with Crippen LogP contribution in [0.3, 0.4) is 0 Å². The first-order chi connectivity index (χ1) is 11.4. The first-order valence-electron chi connectivity index (χ1n) is 7.00. The van der Waals surface area contributed by atoms with Crippen molar-refractivity contribution in [3.05, 3.63) is 44.1 Å². The summed E-state index contributed by atoms with van der Waals surface area (Å²) in [6.45, 7) is 1.98. The zero-order valence-corrected chi connectivity index (χ0v) is 15.4. The highest BCUT2D eigenvalue weighted by Crippen LogP contribution is 2.26. The van der Waals surface area contributed by atoms with Crippen LogP contribution < -0.4 is 11.3 Å². The first-order valence-corrected chi connectivity index (χ1v) is 9.21. The summed E-state index contributed by atoms with van der Waals surface area (Å²) < 4.78 is 4.28. The zero-order chi connectivity index (χ0) is 17.4. The Bertz CT molecular complexity index is 1060. The Kier molecular flexibility index (Phi) is 4.57. The van der Waals surface area contributed by atoms with E-state index in [0.717, 1.165) is 23.0 Å². The highest BCUT2D eigenvalue weighted by atomic mass is 32.2. The van der Waals surface area contributed by atoms with Crippen LogP contribution in [0.25, 0.3) is 16.0 Å². The number of aryl methyl sites for hydroxylation is 1. The monoisotopic (exact) mass is 378 g/mol. The molecule has 3 rings (SSSR count). The van der Waals surface area contributed by atoms with Crippen LogP contribution in [0.1, 0.15) is 5.56 Å². The third-order valence-corrected chi connectivity index (χ3v) is 5.88.